The highest BCUT2D eigenvalue weighted by molar-refractivity contribution is 7.88. The van der Waals surface area contributed by atoms with E-state index in [-0.39, 0.29) is 0 Å². The molecule has 1 aromatic rings. The molecule has 1 fully saturated rings. The summed E-state index contributed by atoms with van der Waals surface area (Å²) in [7, 11) is -0.857. The van der Waals surface area contributed by atoms with E-state index in [0.29, 0.717) is 25.0 Å². The first-order valence-corrected chi connectivity index (χ1v) is 9.93. The molecule has 1 aliphatic rings. The molecule has 0 radical (unpaired) electrons. The molecule has 1 saturated heterocycles. The van der Waals surface area contributed by atoms with E-state index in [9.17, 15) is 8.42 Å². The Morgan fingerprint density at radius 1 is 1.23 bits per heavy atom. The number of benzene rings is 1. The van der Waals surface area contributed by atoms with Gasteiger partial charge in [0.15, 0.2) is 0 Å². The molecule has 124 valence electrons. The molecule has 0 aliphatic carbocycles. The van der Waals surface area contributed by atoms with Crippen molar-refractivity contribution >= 4 is 10.0 Å². The summed E-state index contributed by atoms with van der Waals surface area (Å²) in [5, 5.41) is 0. The Balaban J connectivity index is 1.78. The Kier molecular flexibility index (Phi) is 6.01. The van der Waals surface area contributed by atoms with Crippen molar-refractivity contribution in [3.05, 3.63) is 35.9 Å². The van der Waals surface area contributed by atoms with Crippen LogP contribution in [0, 0.1) is 0 Å². The summed E-state index contributed by atoms with van der Waals surface area (Å²) in [6.07, 6.45) is 4.30. The monoisotopic (exact) mass is 324 g/mol. The molecule has 5 heteroatoms. The van der Waals surface area contributed by atoms with Gasteiger partial charge in [-0.05, 0) is 44.3 Å². The maximum atomic E-state index is 11.5. The van der Waals surface area contributed by atoms with Gasteiger partial charge < -0.3 is 4.90 Å². The highest BCUT2D eigenvalue weighted by atomic mass is 32.2. The van der Waals surface area contributed by atoms with Crippen LogP contribution >= 0.6 is 0 Å². The fourth-order valence-corrected chi connectivity index (χ4v) is 4.02. The fraction of sp³-hybridized carbons (Fsp3) is 0.647. The third-order valence-electron chi connectivity index (χ3n) is 4.80. The Hall–Kier alpha value is -0.910. The van der Waals surface area contributed by atoms with Gasteiger partial charge in [0.25, 0.3) is 0 Å². The molecule has 4 nitrogen and oxygen atoms in total. The SMILES string of the molecule is CC(CCN(C)C1CCN(S(C)(=O)=O)CC1)c1ccccc1. The zero-order valence-electron chi connectivity index (χ0n) is 13.9. The molecule has 1 aliphatic heterocycles. The van der Waals surface area contributed by atoms with Gasteiger partial charge in [0.1, 0.15) is 0 Å². The third kappa shape index (κ3) is 4.80. The molecule has 0 saturated carbocycles. The number of hydrogen-bond acceptors (Lipinski definition) is 3. The Morgan fingerprint density at radius 2 is 1.82 bits per heavy atom. The van der Waals surface area contributed by atoms with Gasteiger partial charge in [0.05, 0.1) is 6.26 Å². The van der Waals surface area contributed by atoms with Crippen molar-refractivity contribution in [2.45, 2.75) is 38.1 Å². The summed E-state index contributed by atoms with van der Waals surface area (Å²) in [6, 6.07) is 11.1. The molecule has 1 atom stereocenters. The van der Waals surface area contributed by atoms with E-state index in [1.165, 1.54) is 11.8 Å². The molecule has 1 heterocycles. The lowest BCUT2D eigenvalue weighted by Crippen LogP contribution is -2.45. The lowest BCUT2D eigenvalue weighted by Gasteiger charge is -2.36. The lowest BCUT2D eigenvalue weighted by atomic mass is 9.97. The van der Waals surface area contributed by atoms with Crippen molar-refractivity contribution in [1.82, 2.24) is 9.21 Å². The van der Waals surface area contributed by atoms with E-state index in [0.717, 1.165) is 25.8 Å². The number of piperidine rings is 1. The Bertz CT molecular complexity index is 551. The van der Waals surface area contributed by atoms with E-state index in [1.807, 2.05) is 0 Å². The van der Waals surface area contributed by atoms with Crippen LogP contribution < -0.4 is 0 Å². The van der Waals surface area contributed by atoms with Crippen LogP contribution in [0.4, 0.5) is 0 Å². The first-order chi connectivity index (χ1) is 10.4. The number of sulfonamides is 1. The molecule has 2 rings (SSSR count). The van der Waals surface area contributed by atoms with E-state index < -0.39 is 10.0 Å². The quantitative estimate of drug-likeness (QED) is 0.807. The van der Waals surface area contributed by atoms with Crippen LogP contribution in [0.5, 0.6) is 0 Å². The van der Waals surface area contributed by atoms with Crippen molar-refractivity contribution in [3.8, 4) is 0 Å². The zero-order chi connectivity index (χ0) is 16.2. The highest BCUT2D eigenvalue weighted by Crippen LogP contribution is 2.21. The van der Waals surface area contributed by atoms with Gasteiger partial charge in [-0.15, -0.1) is 0 Å². The Morgan fingerprint density at radius 3 is 2.36 bits per heavy atom. The van der Waals surface area contributed by atoms with Crippen molar-refractivity contribution in [2.75, 3.05) is 32.9 Å². The van der Waals surface area contributed by atoms with E-state index >= 15 is 0 Å². The van der Waals surface area contributed by atoms with Crippen molar-refractivity contribution in [1.29, 1.82) is 0 Å². The van der Waals surface area contributed by atoms with Crippen molar-refractivity contribution < 1.29 is 8.42 Å². The van der Waals surface area contributed by atoms with Crippen LogP contribution in [0.2, 0.25) is 0 Å². The van der Waals surface area contributed by atoms with Crippen molar-refractivity contribution in [3.63, 3.8) is 0 Å². The predicted octanol–water partition coefficient (Wildman–Crippen LogP) is 2.54. The summed E-state index contributed by atoms with van der Waals surface area (Å²) >= 11 is 0. The second-order valence-corrected chi connectivity index (χ2v) is 8.46. The Labute approximate surface area is 135 Å². The molecular formula is C17H28N2O2S. The van der Waals surface area contributed by atoms with Gasteiger partial charge in [-0.2, -0.15) is 0 Å². The zero-order valence-corrected chi connectivity index (χ0v) is 14.7. The average Bonchev–Trinajstić information content (AvgIpc) is 2.52. The average molecular weight is 324 g/mol. The first kappa shape index (κ1) is 17.4. The molecule has 0 amide bonds. The predicted molar refractivity (Wildman–Crippen MR) is 91.5 cm³/mol. The van der Waals surface area contributed by atoms with Gasteiger partial charge in [0, 0.05) is 19.1 Å². The molecular weight excluding hydrogens is 296 g/mol. The largest absolute Gasteiger partial charge is 0.303 e. The molecule has 0 spiro atoms. The van der Waals surface area contributed by atoms with E-state index in [2.05, 4.69) is 49.2 Å². The highest BCUT2D eigenvalue weighted by Gasteiger charge is 2.26. The smallest absolute Gasteiger partial charge is 0.211 e. The number of hydrogen-bond donors (Lipinski definition) is 0. The second kappa shape index (κ2) is 7.57. The van der Waals surface area contributed by atoms with E-state index in [1.54, 1.807) is 4.31 Å². The fourth-order valence-electron chi connectivity index (χ4n) is 3.14. The number of rotatable bonds is 6. The van der Waals surface area contributed by atoms with Crippen LogP contribution in [0.15, 0.2) is 30.3 Å². The van der Waals surface area contributed by atoms with Crippen LogP contribution in [-0.2, 0) is 10.0 Å². The maximum absolute atomic E-state index is 11.5. The van der Waals surface area contributed by atoms with Gasteiger partial charge >= 0.3 is 0 Å². The first-order valence-electron chi connectivity index (χ1n) is 8.08. The van der Waals surface area contributed by atoms with Crippen molar-refractivity contribution in [2.24, 2.45) is 0 Å². The van der Waals surface area contributed by atoms with Crippen LogP contribution in [0.1, 0.15) is 37.7 Å². The molecule has 0 N–H and O–H groups in total. The van der Waals surface area contributed by atoms with Gasteiger partial charge in [-0.1, -0.05) is 37.3 Å². The topological polar surface area (TPSA) is 40.6 Å². The summed E-state index contributed by atoms with van der Waals surface area (Å²) in [5.41, 5.74) is 1.39. The summed E-state index contributed by atoms with van der Waals surface area (Å²) in [5.74, 6) is 0.555. The van der Waals surface area contributed by atoms with Crippen LogP contribution in [-0.4, -0.2) is 56.6 Å². The summed E-state index contributed by atoms with van der Waals surface area (Å²) in [6.45, 7) is 4.64. The van der Waals surface area contributed by atoms with E-state index in [4.69, 9.17) is 0 Å². The van der Waals surface area contributed by atoms with Crippen LogP contribution in [0.25, 0.3) is 0 Å². The molecule has 0 aromatic heterocycles. The molecule has 0 bridgehead atoms. The number of nitrogens with zero attached hydrogens (tertiary/aromatic N) is 2. The standard InChI is InChI=1S/C17H28N2O2S/c1-15(16-7-5-4-6-8-16)9-12-18(2)17-10-13-19(14-11-17)22(3,20)21/h4-8,15,17H,9-14H2,1-3H3. The molecule has 22 heavy (non-hydrogen) atoms. The molecule has 1 aromatic carbocycles. The summed E-state index contributed by atoms with van der Waals surface area (Å²) < 4.78 is 24.7. The van der Waals surface area contributed by atoms with Gasteiger partial charge in [-0.3, -0.25) is 0 Å². The summed E-state index contributed by atoms with van der Waals surface area (Å²) in [4.78, 5) is 2.40. The normalized spacial score (nSPS) is 19.5. The van der Waals surface area contributed by atoms with Gasteiger partial charge in [-0.25, -0.2) is 12.7 Å². The molecule has 1 unspecified atom stereocenters. The lowest BCUT2D eigenvalue weighted by molar-refractivity contribution is 0.165. The minimum Gasteiger partial charge on any atom is -0.303 e. The maximum Gasteiger partial charge on any atom is 0.211 e. The van der Waals surface area contributed by atoms with Gasteiger partial charge in [0.2, 0.25) is 10.0 Å². The minimum atomic E-state index is -3.02. The minimum absolute atomic E-state index is 0.501. The third-order valence-corrected chi connectivity index (χ3v) is 6.10. The second-order valence-electron chi connectivity index (χ2n) is 6.47. The van der Waals surface area contributed by atoms with Crippen LogP contribution in [0.3, 0.4) is 0 Å².